The van der Waals surface area contributed by atoms with Crippen molar-refractivity contribution in [3.05, 3.63) is 11.9 Å². The van der Waals surface area contributed by atoms with Crippen LogP contribution >= 0.6 is 0 Å². The third-order valence-electron chi connectivity index (χ3n) is 1.48. The second kappa shape index (κ2) is 3.39. The molecule has 0 aliphatic rings. The van der Waals surface area contributed by atoms with E-state index in [2.05, 4.69) is 17.3 Å². The van der Waals surface area contributed by atoms with E-state index >= 15 is 0 Å². The number of nitrogens with two attached hydrogens (primary N) is 1. The van der Waals surface area contributed by atoms with Gasteiger partial charge in [-0.25, -0.2) is 0 Å². The third-order valence-corrected chi connectivity index (χ3v) is 1.48. The Hall–Kier alpha value is -1.03. The van der Waals surface area contributed by atoms with Gasteiger partial charge in [0.05, 0.1) is 11.4 Å². The van der Waals surface area contributed by atoms with Gasteiger partial charge < -0.3 is 11.1 Å². The average molecular weight is 154 g/mol. The first-order valence-corrected chi connectivity index (χ1v) is 3.72. The Morgan fingerprint density at radius 3 is 2.91 bits per heavy atom. The Morgan fingerprint density at radius 1 is 1.73 bits per heavy atom. The van der Waals surface area contributed by atoms with Crippen molar-refractivity contribution in [1.29, 1.82) is 0 Å². The molecule has 0 atom stereocenters. The summed E-state index contributed by atoms with van der Waals surface area (Å²) >= 11 is 0. The molecule has 1 heterocycles. The first-order chi connectivity index (χ1) is 5.24. The standard InChI is InChI=1S/C7H14N4/c1-3-9-4-7-6(8)5-11(2)10-7/h5,9H,3-4,8H2,1-2H3. The summed E-state index contributed by atoms with van der Waals surface area (Å²) in [5, 5.41) is 7.34. The molecule has 0 bridgehead atoms. The molecule has 0 fully saturated rings. The zero-order valence-electron chi connectivity index (χ0n) is 6.96. The van der Waals surface area contributed by atoms with Crippen LogP contribution in [-0.2, 0) is 13.6 Å². The quantitative estimate of drug-likeness (QED) is 0.649. The third kappa shape index (κ3) is 1.94. The maximum atomic E-state index is 5.66. The van der Waals surface area contributed by atoms with E-state index in [1.54, 1.807) is 4.68 Å². The highest BCUT2D eigenvalue weighted by atomic mass is 15.3. The summed E-state index contributed by atoms with van der Waals surface area (Å²) in [7, 11) is 1.87. The molecule has 1 aromatic rings. The van der Waals surface area contributed by atoms with Crippen molar-refractivity contribution in [2.75, 3.05) is 12.3 Å². The molecule has 4 nitrogen and oxygen atoms in total. The predicted molar refractivity (Wildman–Crippen MR) is 45.0 cm³/mol. The Kier molecular flexibility index (Phi) is 2.48. The lowest BCUT2D eigenvalue weighted by Gasteiger charge is -1.97. The summed E-state index contributed by atoms with van der Waals surface area (Å²) in [5.41, 5.74) is 7.34. The lowest BCUT2D eigenvalue weighted by atomic mass is 10.4. The first kappa shape index (κ1) is 8.07. The second-order valence-electron chi connectivity index (χ2n) is 2.49. The fraction of sp³-hybridized carbons (Fsp3) is 0.571. The van der Waals surface area contributed by atoms with Crippen LogP contribution in [0.2, 0.25) is 0 Å². The number of aromatic nitrogens is 2. The summed E-state index contributed by atoms with van der Waals surface area (Å²) in [4.78, 5) is 0. The van der Waals surface area contributed by atoms with Crippen LogP contribution in [0.4, 0.5) is 5.69 Å². The van der Waals surface area contributed by atoms with Crippen molar-refractivity contribution in [2.24, 2.45) is 7.05 Å². The van der Waals surface area contributed by atoms with Gasteiger partial charge in [-0.1, -0.05) is 6.92 Å². The summed E-state index contributed by atoms with van der Waals surface area (Å²) in [6.07, 6.45) is 1.81. The van der Waals surface area contributed by atoms with E-state index in [9.17, 15) is 0 Å². The van der Waals surface area contributed by atoms with Gasteiger partial charge >= 0.3 is 0 Å². The van der Waals surface area contributed by atoms with Gasteiger partial charge in [-0.3, -0.25) is 4.68 Å². The van der Waals surface area contributed by atoms with Crippen molar-refractivity contribution >= 4 is 5.69 Å². The highest BCUT2D eigenvalue weighted by Gasteiger charge is 2.01. The van der Waals surface area contributed by atoms with E-state index in [4.69, 9.17) is 5.73 Å². The molecule has 62 valence electrons. The van der Waals surface area contributed by atoms with Gasteiger partial charge in [-0.2, -0.15) is 5.10 Å². The molecule has 0 aliphatic carbocycles. The van der Waals surface area contributed by atoms with Crippen LogP contribution in [0.3, 0.4) is 0 Å². The fourth-order valence-corrected chi connectivity index (χ4v) is 0.934. The second-order valence-corrected chi connectivity index (χ2v) is 2.49. The fourth-order valence-electron chi connectivity index (χ4n) is 0.934. The maximum absolute atomic E-state index is 5.66. The highest BCUT2D eigenvalue weighted by molar-refractivity contribution is 5.40. The molecular formula is C7H14N4. The largest absolute Gasteiger partial charge is 0.396 e. The predicted octanol–water partition coefficient (Wildman–Crippen LogP) is 0.112. The molecular weight excluding hydrogens is 140 g/mol. The van der Waals surface area contributed by atoms with Crippen LogP contribution in [-0.4, -0.2) is 16.3 Å². The molecule has 4 heteroatoms. The van der Waals surface area contributed by atoms with E-state index in [-0.39, 0.29) is 0 Å². The summed E-state index contributed by atoms with van der Waals surface area (Å²) < 4.78 is 1.72. The van der Waals surface area contributed by atoms with Gasteiger partial charge in [0.2, 0.25) is 0 Å². The molecule has 0 amide bonds. The maximum Gasteiger partial charge on any atom is 0.0991 e. The lowest BCUT2D eigenvalue weighted by Crippen LogP contribution is -2.13. The SMILES string of the molecule is CCNCc1nn(C)cc1N. The lowest BCUT2D eigenvalue weighted by molar-refractivity contribution is 0.677. The molecule has 0 spiro atoms. The summed E-state index contributed by atoms with van der Waals surface area (Å²) in [6.45, 7) is 3.75. The van der Waals surface area contributed by atoms with Gasteiger partial charge in [0, 0.05) is 19.8 Å². The Balaban J connectivity index is 2.62. The van der Waals surface area contributed by atoms with E-state index in [1.807, 2.05) is 13.2 Å². The zero-order chi connectivity index (χ0) is 8.27. The van der Waals surface area contributed by atoms with Crippen LogP contribution < -0.4 is 11.1 Å². The van der Waals surface area contributed by atoms with Crippen LogP contribution in [0.25, 0.3) is 0 Å². The van der Waals surface area contributed by atoms with Crippen LogP contribution in [0, 0.1) is 0 Å². The number of nitrogen functional groups attached to an aromatic ring is 1. The molecule has 0 aliphatic heterocycles. The number of hydrogen-bond acceptors (Lipinski definition) is 3. The molecule has 1 rings (SSSR count). The van der Waals surface area contributed by atoms with Gasteiger partial charge in [-0.15, -0.1) is 0 Å². The summed E-state index contributed by atoms with van der Waals surface area (Å²) in [6, 6.07) is 0. The van der Waals surface area contributed by atoms with Crippen LogP contribution in [0.1, 0.15) is 12.6 Å². The number of anilines is 1. The minimum atomic E-state index is 0.753. The number of nitrogens with zero attached hydrogens (tertiary/aromatic N) is 2. The van der Waals surface area contributed by atoms with Crippen LogP contribution in [0.5, 0.6) is 0 Å². The number of rotatable bonds is 3. The first-order valence-electron chi connectivity index (χ1n) is 3.72. The Labute approximate surface area is 66.4 Å². The molecule has 0 radical (unpaired) electrons. The summed E-state index contributed by atoms with van der Waals surface area (Å²) in [5.74, 6) is 0. The minimum absolute atomic E-state index is 0.753. The number of nitrogens with one attached hydrogen (secondary N) is 1. The topological polar surface area (TPSA) is 55.9 Å². The molecule has 1 aromatic heterocycles. The van der Waals surface area contributed by atoms with E-state index < -0.39 is 0 Å². The minimum Gasteiger partial charge on any atom is -0.396 e. The van der Waals surface area contributed by atoms with E-state index in [0.29, 0.717) is 0 Å². The normalized spacial score (nSPS) is 10.4. The monoisotopic (exact) mass is 154 g/mol. The highest BCUT2D eigenvalue weighted by Crippen LogP contribution is 2.06. The van der Waals surface area contributed by atoms with Crippen molar-refractivity contribution in [3.63, 3.8) is 0 Å². The van der Waals surface area contributed by atoms with Gasteiger partial charge in [0.1, 0.15) is 0 Å². The van der Waals surface area contributed by atoms with Crippen molar-refractivity contribution in [3.8, 4) is 0 Å². The van der Waals surface area contributed by atoms with Crippen LogP contribution in [0.15, 0.2) is 6.20 Å². The number of hydrogen-bond donors (Lipinski definition) is 2. The molecule has 11 heavy (non-hydrogen) atoms. The van der Waals surface area contributed by atoms with E-state index in [1.165, 1.54) is 0 Å². The van der Waals surface area contributed by atoms with Crippen molar-refractivity contribution in [2.45, 2.75) is 13.5 Å². The molecule has 0 saturated carbocycles. The van der Waals surface area contributed by atoms with Gasteiger partial charge in [0.15, 0.2) is 0 Å². The Morgan fingerprint density at radius 2 is 2.45 bits per heavy atom. The number of aryl methyl sites for hydroxylation is 1. The molecule has 3 N–H and O–H groups in total. The van der Waals surface area contributed by atoms with E-state index in [0.717, 1.165) is 24.5 Å². The Bertz CT molecular complexity index is 228. The molecule has 0 unspecified atom stereocenters. The molecule has 0 saturated heterocycles. The smallest absolute Gasteiger partial charge is 0.0991 e. The molecule has 0 aromatic carbocycles. The van der Waals surface area contributed by atoms with Gasteiger partial charge in [-0.05, 0) is 6.54 Å². The zero-order valence-corrected chi connectivity index (χ0v) is 6.96. The van der Waals surface area contributed by atoms with Crippen molar-refractivity contribution < 1.29 is 0 Å². The van der Waals surface area contributed by atoms with Crippen molar-refractivity contribution in [1.82, 2.24) is 15.1 Å². The average Bonchev–Trinajstić information content (AvgIpc) is 2.26. The van der Waals surface area contributed by atoms with Gasteiger partial charge in [0.25, 0.3) is 0 Å².